The molecule has 0 radical (unpaired) electrons. The van der Waals surface area contributed by atoms with Crippen LogP contribution in [0.15, 0.2) is 30.6 Å². The molecule has 1 unspecified atom stereocenters. The summed E-state index contributed by atoms with van der Waals surface area (Å²) in [5.41, 5.74) is 2.67. The predicted molar refractivity (Wildman–Crippen MR) is 110 cm³/mol. The van der Waals surface area contributed by atoms with Crippen molar-refractivity contribution in [2.45, 2.75) is 13.0 Å². The minimum absolute atomic E-state index is 0.225. The zero-order valence-electron chi connectivity index (χ0n) is 15.0. The van der Waals surface area contributed by atoms with Crippen molar-refractivity contribution in [1.29, 1.82) is 0 Å². The summed E-state index contributed by atoms with van der Waals surface area (Å²) in [6.45, 7) is 6.57. The van der Waals surface area contributed by atoms with Gasteiger partial charge in [0.2, 0.25) is 0 Å². The molecule has 1 aromatic carbocycles. The lowest BCUT2D eigenvalue weighted by atomic mass is 10.0. The fourth-order valence-corrected chi connectivity index (χ4v) is 3.77. The fourth-order valence-electron chi connectivity index (χ4n) is 3.41. The predicted octanol–water partition coefficient (Wildman–Crippen LogP) is 4.06. The van der Waals surface area contributed by atoms with Crippen molar-refractivity contribution in [3.63, 3.8) is 0 Å². The van der Waals surface area contributed by atoms with Crippen LogP contribution in [0.1, 0.15) is 6.92 Å². The molecule has 1 aliphatic rings. The molecule has 0 amide bonds. The molecule has 2 aromatic heterocycles. The summed E-state index contributed by atoms with van der Waals surface area (Å²) in [5, 5.41) is 12.3. The maximum absolute atomic E-state index is 6.46. The summed E-state index contributed by atoms with van der Waals surface area (Å²) in [4.78, 5) is 7.13. The van der Waals surface area contributed by atoms with Crippen molar-refractivity contribution in [1.82, 2.24) is 20.1 Å². The van der Waals surface area contributed by atoms with Gasteiger partial charge in [0.05, 0.1) is 35.0 Å². The number of nitrogens with zero attached hydrogens (tertiary/aromatic N) is 3. The minimum atomic E-state index is 0.225. The Labute approximate surface area is 167 Å². The van der Waals surface area contributed by atoms with Crippen LogP contribution >= 0.6 is 23.2 Å². The molecule has 0 aliphatic carbocycles. The van der Waals surface area contributed by atoms with Crippen LogP contribution in [0.4, 0.5) is 5.82 Å². The zero-order valence-corrected chi connectivity index (χ0v) is 16.5. The molecule has 1 atom stereocenters. The zero-order chi connectivity index (χ0) is 18.8. The number of benzene rings is 1. The number of hydrogen-bond acceptors (Lipinski definition) is 5. The van der Waals surface area contributed by atoms with Crippen molar-refractivity contribution < 1.29 is 4.74 Å². The van der Waals surface area contributed by atoms with Gasteiger partial charge in [0.1, 0.15) is 5.82 Å². The minimum Gasteiger partial charge on any atom is -0.379 e. The Morgan fingerprint density at radius 3 is 2.85 bits per heavy atom. The normalized spacial score (nSPS) is 16.6. The smallest absolute Gasteiger partial charge is 0.127 e. The molecule has 0 spiro atoms. The third-order valence-electron chi connectivity index (χ3n) is 4.71. The Balaban J connectivity index is 1.67. The van der Waals surface area contributed by atoms with Crippen LogP contribution in [0, 0.1) is 0 Å². The Bertz CT molecular complexity index is 925. The first kappa shape index (κ1) is 18.5. The van der Waals surface area contributed by atoms with Crippen LogP contribution < -0.4 is 5.32 Å². The molecule has 0 bridgehead atoms. The van der Waals surface area contributed by atoms with Crippen LogP contribution in [0.25, 0.3) is 22.0 Å². The molecule has 4 rings (SSSR count). The Kier molecular flexibility index (Phi) is 5.50. The quantitative estimate of drug-likeness (QED) is 0.669. The molecule has 27 heavy (non-hydrogen) atoms. The second-order valence-electron chi connectivity index (χ2n) is 6.76. The summed E-state index contributed by atoms with van der Waals surface area (Å²) >= 11 is 12.7. The van der Waals surface area contributed by atoms with Crippen molar-refractivity contribution in [2.24, 2.45) is 0 Å². The summed E-state index contributed by atoms with van der Waals surface area (Å²) in [6, 6.07) is 6.00. The Hall–Kier alpha value is -1.86. The second kappa shape index (κ2) is 8.02. The second-order valence-corrected chi connectivity index (χ2v) is 7.54. The average molecular weight is 406 g/mol. The molecule has 6 nitrogen and oxygen atoms in total. The molecule has 8 heteroatoms. The van der Waals surface area contributed by atoms with Gasteiger partial charge in [0.15, 0.2) is 0 Å². The molecule has 1 aliphatic heterocycles. The molecule has 3 aromatic rings. The fraction of sp³-hybridized carbons (Fsp3) is 0.368. The number of ether oxygens (including phenoxy) is 1. The highest BCUT2D eigenvalue weighted by molar-refractivity contribution is 6.45. The number of halogens is 2. The van der Waals surface area contributed by atoms with Gasteiger partial charge in [-0.15, -0.1) is 0 Å². The third-order valence-corrected chi connectivity index (χ3v) is 5.51. The monoisotopic (exact) mass is 405 g/mol. The average Bonchev–Trinajstić information content (AvgIpc) is 3.20. The lowest BCUT2D eigenvalue weighted by molar-refractivity contribution is 0.0368. The molecule has 2 N–H and O–H groups in total. The number of anilines is 1. The summed E-state index contributed by atoms with van der Waals surface area (Å²) in [7, 11) is 0. The van der Waals surface area contributed by atoms with Gasteiger partial charge in [-0.3, -0.25) is 10.00 Å². The lowest BCUT2D eigenvalue weighted by Gasteiger charge is -2.29. The van der Waals surface area contributed by atoms with Crippen LogP contribution in [-0.2, 0) is 4.74 Å². The number of fused-ring (bicyclic) bond motifs is 1. The van der Waals surface area contributed by atoms with Gasteiger partial charge < -0.3 is 10.1 Å². The van der Waals surface area contributed by atoms with E-state index in [4.69, 9.17) is 32.9 Å². The van der Waals surface area contributed by atoms with Crippen molar-refractivity contribution in [2.75, 3.05) is 38.2 Å². The van der Waals surface area contributed by atoms with E-state index in [9.17, 15) is 0 Å². The summed E-state index contributed by atoms with van der Waals surface area (Å²) in [6.07, 6.45) is 3.65. The van der Waals surface area contributed by atoms with Gasteiger partial charge in [0, 0.05) is 42.8 Å². The van der Waals surface area contributed by atoms with Crippen LogP contribution in [0.2, 0.25) is 10.0 Å². The molecule has 1 saturated heterocycles. The highest BCUT2D eigenvalue weighted by atomic mass is 35.5. The van der Waals surface area contributed by atoms with Gasteiger partial charge in [-0.1, -0.05) is 29.3 Å². The molecule has 0 saturated carbocycles. The summed E-state index contributed by atoms with van der Waals surface area (Å²) in [5.74, 6) is 0.767. The molecular weight excluding hydrogens is 385 g/mol. The van der Waals surface area contributed by atoms with E-state index in [-0.39, 0.29) is 6.04 Å². The number of aromatic amines is 1. The largest absolute Gasteiger partial charge is 0.379 e. The first-order valence-corrected chi connectivity index (χ1v) is 9.72. The first-order chi connectivity index (χ1) is 13.1. The SMILES string of the molecule is CC(CN1CCOCC1)Nc1cc(-c2cn[nH]c2)c2ccc(Cl)c(Cl)c2n1. The number of rotatable bonds is 5. The van der Waals surface area contributed by atoms with Gasteiger partial charge in [-0.2, -0.15) is 5.10 Å². The molecule has 3 heterocycles. The number of aromatic nitrogens is 3. The van der Waals surface area contributed by atoms with Crippen molar-refractivity contribution in [3.8, 4) is 11.1 Å². The van der Waals surface area contributed by atoms with Crippen molar-refractivity contribution in [3.05, 3.63) is 40.6 Å². The third kappa shape index (κ3) is 4.04. The number of nitrogens with one attached hydrogen (secondary N) is 2. The molecule has 142 valence electrons. The van der Waals surface area contributed by atoms with E-state index in [1.54, 1.807) is 12.3 Å². The van der Waals surface area contributed by atoms with E-state index in [0.717, 1.165) is 55.2 Å². The Morgan fingerprint density at radius 2 is 2.11 bits per heavy atom. The highest BCUT2D eigenvalue weighted by Gasteiger charge is 2.17. The summed E-state index contributed by atoms with van der Waals surface area (Å²) < 4.78 is 5.42. The van der Waals surface area contributed by atoms with Gasteiger partial charge >= 0.3 is 0 Å². The van der Waals surface area contributed by atoms with Crippen LogP contribution in [-0.4, -0.2) is 59.0 Å². The van der Waals surface area contributed by atoms with E-state index >= 15 is 0 Å². The highest BCUT2D eigenvalue weighted by Crippen LogP contribution is 2.36. The van der Waals surface area contributed by atoms with E-state index in [1.165, 1.54) is 0 Å². The number of morpholine rings is 1. The van der Waals surface area contributed by atoms with E-state index in [1.807, 2.05) is 18.3 Å². The number of hydrogen-bond donors (Lipinski definition) is 2. The van der Waals surface area contributed by atoms with E-state index < -0.39 is 0 Å². The number of pyridine rings is 1. The van der Waals surface area contributed by atoms with Crippen molar-refractivity contribution >= 4 is 39.9 Å². The Morgan fingerprint density at radius 1 is 1.30 bits per heavy atom. The topological polar surface area (TPSA) is 66.1 Å². The van der Waals surface area contributed by atoms with E-state index in [0.29, 0.717) is 15.6 Å². The van der Waals surface area contributed by atoms with Gasteiger partial charge in [-0.05, 0) is 24.6 Å². The maximum Gasteiger partial charge on any atom is 0.127 e. The van der Waals surface area contributed by atoms with Crippen LogP contribution in [0.3, 0.4) is 0 Å². The van der Waals surface area contributed by atoms with Gasteiger partial charge in [-0.25, -0.2) is 4.98 Å². The molecular formula is C19H21Cl2N5O. The lowest BCUT2D eigenvalue weighted by Crippen LogP contribution is -2.42. The van der Waals surface area contributed by atoms with Crippen LogP contribution in [0.5, 0.6) is 0 Å². The van der Waals surface area contributed by atoms with Gasteiger partial charge in [0.25, 0.3) is 0 Å². The number of H-pyrrole nitrogens is 1. The first-order valence-electron chi connectivity index (χ1n) is 8.96. The maximum atomic E-state index is 6.46. The van der Waals surface area contributed by atoms with E-state index in [2.05, 4.69) is 27.3 Å². The molecule has 1 fully saturated rings. The standard InChI is InChI=1S/C19H21Cl2N5O/c1-12(11-26-4-6-27-7-5-26)24-17-8-15(13-9-22-23-10-13)14-2-3-16(20)18(21)19(14)25-17/h2-3,8-10,12H,4-7,11H2,1H3,(H,22,23)(H,24,25).